The molecule has 1 aliphatic carbocycles. The summed E-state index contributed by atoms with van der Waals surface area (Å²) in [6.45, 7) is 63.9. The van der Waals surface area contributed by atoms with Gasteiger partial charge >= 0.3 is 0 Å². The summed E-state index contributed by atoms with van der Waals surface area (Å²) in [6, 6.07) is 73.9. The first kappa shape index (κ1) is 74.1. The van der Waals surface area contributed by atoms with Crippen LogP contribution in [0.5, 0.6) is 0 Å². The van der Waals surface area contributed by atoms with Crippen LogP contribution >= 0.6 is 0 Å². The van der Waals surface area contributed by atoms with E-state index >= 15 is 0 Å². The second kappa shape index (κ2) is 24.3. The van der Waals surface area contributed by atoms with Crippen LogP contribution in [-0.4, -0.2) is 0 Å². The van der Waals surface area contributed by atoms with Gasteiger partial charge in [-0.2, -0.15) is 0 Å². The highest BCUT2D eigenvalue weighted by Gasteiger charge is 2.54. The minimum absolute atomic E-state index is 0.0339. The van der Waals surface area contributed by atoms with Crippen molar-refractivity contribution in [1.29, 1.82) is 0 Å². The van der Waals surface area contributed by atoms with Crippen LogP contribution in [0.1, 0.15) is 264 Å². The van der Waals surface area contributed by atoms with Crippen LogP contribution in [0.3, 0.4) is 0 Å². The lowest BCUT2D eigenvalue weighted by atomic mass is 9.64. The zero-order valence-corrected chi connectivity index (χ0v) is 72.4. The lowest BCUT2D eigenvalue weighted by Crippen LogP contribution is -2.41. The summed E-state index contributed by atoms with van der Waals surface area (Å²) in [5.41, 5.74) is 54.1. The molecule has 0 aromatic heterocycles. The normalized spacial score (nSPS) is 17.1. The maximum Gasteiger partial charge on any atom is 0.0744 e. The highest BCUT2D eigenvalue weighted by Crippen LogP contribution is 2.71. The van der Waals surface area contributed by atoms with Crippen molar-refractivity contribution >= 4 is 85.3 Å². The van der Waals surface area contributed by atoms with Gasteiger partial charge in [0, 0.05) is 32.5 Å². The number of hydrogen-bond donors (Lipinski definition) is 0. The number of anilines is 15. The maximum absolute atomic E-state index is 2.67. The molecule has 0 radical (unpaired) electrons. The number of hydrogen-bond acceptors (Lipinski definition) is 5. The molecule has 0 saturated carbocycles. The monoisotopic (exact) mass is 1480 g/mol. The minimum Gasteiger partial charge on any atom is -0.309 e. The molecule has 0 fully saturated rings. The molecule has 113 heavy (non-hydrogen) atoms. The fraction of sp³-hybridized carbons (Fsp3) is 0.333. The molecule has 12 aromatic rings. The molecule has 572 valence electrons. The first-order chi connectivity index (χ1) is 53.2. The van der Waals surface area contributed by atoms with Gasteiger partial charge in [0.05, 0.1) is 85.3 Å². The molecule has 7 heterocycles. The van der Waals surface area contributed by atoms with Gasteiger partial charge in [-0.1, -0.05) is 282 Å². The Bertz CT molecular complexity index is 5810. The standard InChI is InChI=1S/C53H55N3.C39H44N2.C16H16/c1-30-32(3)46(33(4)31(2)45(30)54-41-24-16-14-20-35(41)51(8,9)36-21-15-17-25-42(36)54)55-43-26-18-22-37-48(43)56-47-39(52(37,10)11)28-34(50(5,6)7)29-40(47)53(12,13)38-23-19-27-44(55)49(38)56;1-21-22(2)24(4)33(25(5)23(21)3)40-31-17-13-15-27-35(31)41-34-29(38(27,9)10)19-26(37(6,7)8)20-30(34)39(11,12)28-16-14-18-32(40)36(28)41;1-16(2)14-9-5-3-7-12(14)11-13-8-4-6-10-15(13)16/h14-29H,1-13H3;13-20H,1-12H3;3-10H,11H2,1-2H3. The third-order valence-corrected chi connectivity index (χ3v) is 29.3. The smallest absolute Gasteiger partial charge is 0.0744 e. The van der Waals surface area contributed by atoms with Crippen LogP contribution in [0.15, 0.2) is 194 Å². The summed E-state index contributed by atoms with van der Waals surface area (Å²) in [4.78, 5) is 13.1. The van der Waals surface area contributed by atoms with Crippen molar-refractivity contribution in [1.82, 2.24) is 0 Å². The van der Waals surface area contributed by atoms with E-state index in [2.05, 4.69) is 406 Å². The lowest BCUT2D eigenvalue weighted by molar-refractivity contribution is 0.562. The number of rotatable bonds is 3. The zero-order chi connectivity index (χ0) is 80.3. The van der Waals surface area contributed by atoms with Crippen molar-refractivity contribution in [3.05, 3.63) is 333 Å². The lowest BCUT2D eigenvalue weighted by Gasteiger charge is -2.54. The van der Waals surface area contributed by atoms with E-state index in [1.54, 1.807) is 0 Å². The summed E-state index contributed by atoms with van der Waals surface area (Å²) in [6.07, 6.45) is 1.08. The van der Waals surface area contributed by atoms with Crippen molar-refractivity contribution in [2.24, 2.45) is 0 Å². The van der Waals surface area contributed by atoms with E-state index in [1.807, 2.05) is 0 Å². The Labute approximate surface area is 675 Å². The molecule has 0 bridgehead atoms. The molecular formula is C108H115N5. The fourth-order valence-electron chi connectivity index (χ4n) is 21.9. The Kier molecular flexibility index (Phi) is 16.0. The summed E-state index contributed by atoms with van der Waals surface area (Å²) in [5, 5.41) is 0. The summed E-state index contributed by atoms with van der Waals surface area (Å²) >= 11 is 0. The van der Waals surface area contributed by atoms with Crippen LogP contribution < -0.4 is 24.5 Å². The number of nitrogens with zero attached hydrogens (tertiary/aromatic N) is 5. The van der Waals surface area contributed by atoms with Crippen LogP contribution in [0.2, 0.25) is 0 Å². The van der Waals surface area contributed by atoms with Gasteiger partial charge in [-0.25, -0.2) is 0 Å². The van der Waals surface area contributed by atoms with Gasteiger partial charge in [0.2, 0.25) is 0 Å². The first-order valence-corrected chi connectivity index (χ1v) is 41.7. The van der Waals surface area contributed by atoms with Gasteiger partial charge in [0.25, 0.3) is 0 Å². The number of fused-ring (bicyclic) bond motifs is 4. The Hall–Kier alpha value is -10.4. The molecule has 0 unspecified atom stereocenters. The molecule has 0 atom stereocenters. The molecule has 0 amide bonds. The third kappa shape index (κ3) is 10.0. The topological polar surface area (TPSA) is 16.2 Å². The molecule has 0 N–H and O–H groups in total. The molecule has 5 nitrogen and oxygen atoms in total. The third-order valence-electron chi connectivity index (χ3n) is 29.3. The van der Waals surface area contributed by atoms with Crippen LogP contribution in [-0.2, 0) is 49.7 Å². The van der Waals surface area contributed by atoms with Crippen molar-refractivity contribution in [3.63, 3.8) is 0 Å². The largest absolute Gasteiger partial charge is 0.309 e. The van der Waals surface area contributed by atoms with Crippen molar-refractivity contribution < 1.29 is 0 Å². The van der Waals surface area contributed by atoms with Crippen molar-refractivity contribution in [3.8, 4) is 0 Å². The van der Waals surface area contributed by atoms with Gasteiger partial charge in [-0.15, -0.1) is 0 Å². The highest BCUT2D eigenvalue weighted by atomic mass is 15.3. The van der Waals surface area contributed by atoms with E-state index in [0.29, 0.717) is 0 Å². The summed E-state index contributed by atoms with van der Waals surface area (Å²) < 4.78 is 0. The molecular weight excluding hydrogens is 1370 g/mol. The van der Waals surface area contributed by atoms with E-state index in [4.69, 9.17) is 0 Å². The zero-order valence-electron chi connectivity index (χ0n) is 72.4. The van der Waals surface area contributed by atoms with E-state index in [1.165, 1.54) is 224 Å². The molecule has 0 saturated heterocycles. The quantitative estimate of drug-likeness (QED) is 0.175. The van der Waals surface area contributed by atoms with Crippen molar-refractivity contribution in [2.45, 2.75) is 237 Å². The fourth-order valence-corrected chi connectivity index (χ4v) is 21.9. The molecule has 5 heteroatoms. The second-order valence-corrected chi connectivity index (χ2v) is 39.7. The van der Waals surface area contributed by atoms with E-state index in [9.17, 15) is 0 Å². The van der Waals surface area contributed by atoms with Crippen molar-refractivity contribution in [2.75, 3.05) is 24.5 Å². The predicted octanol–water partition coefficient (Wildman–Crippen LogP) is 29.8. The van der Waals surface area contributed by atoms with Crippen LogP contribution in [0, 0.1) is 62.3 Å². The molecule has 20 rings (SSSR count). The van der Waals surface area contributed by atoms with Gasteiger partial charge in [-0.3, -0.25) is 0 Å². The van der Waals surface area contributed by atoms with Crippen LogP contribution in [0.25, 0.3) is 0 Å². The van der Waals surface area contributed by atoms with Gasteiger partial charge in [0.15, 0.2) is 0 Å². The maximum atomic E-state index is 2.67. The predicted molar refractivity (Wildman–Crippen MR) is 482 cm³/mol. The molecule has 8 aliphatic rings. The van der Waals surface area contributed by atoms with Gasteiger partial charge in [0.1, 0.15) is 0 Å². The molecule has 12 aromatic carbocycles. The SMILES string of the molecule is CC1(C)c2ccccc2Cc2ccccc21.Cc1c(C)c(C)c(N2c3cccc4c3N3c5c2cccc5C(C)(C)c2cc(C(C)(C)C)cc(c23)C4(C)C)c(C)c1C.Cc1c(C)c(N2c3cccc4c3N3c5c2cccc5C(C)(C)c2cc(C(C)(C)C)cc(c23)C4(C)C)c(C)c(C)c1N1c2ccccc2C(C)(C)c2ccccc21. The van der Waals surface area contributed by atoms with E-state index < -0.39 is 0 Å². The molecule has 0 spiro atoms. The number of benzene rings is 12. The van der Waals surface area contributed by atoms with Gasteiger partial charge in [-0.05, 0) is 255 Å². The highest BCUT2D eigenvalue weighted by molar-refractivity contribution is 6.11. The average Bonchev–Trinajstić information content (AvgIpc) is 0.670. The Morgan fingerprint density at radius 3 is 0.708 bits per heavy atom. The van der Waals surface area contributed by atoms with Crippen LogP contribution in [0.4, 0.5) is 85.3 Å². The average molecular weight is 1480 g/mol. The first-order valence-electron chi connectivity index (χ1n) is 41.7. The Balaban J connectivity index is 0.000000135. The summed E-state index contributed by atoms with van der Waals surface area (Å²) in [5.74, 6) is 0. The van der Waals surface area contributed by atoms with E-state index in [0.717, 1.165) is 6.42 Å². The van der Waals surface area contributed by atoms with Gasteiger partial charge < -0.3 is 24.5 Å². The van der Waals surface area contributed by atoms with E-state index in [-0.39, 0.29) is 43.3 Å². The second-order valence-electron chi connectivity index (χ2n) is 39.7. The number of para-hydroxylation sites is 6. The Morgan fingerprint density at radius 2 is 0.416 bits per heavy atom. The molecule has 7 aliphatic heterocycles. The minimum atomic E-state index is -0.193. The summed E-state index contributed by atoms with van der Waals surface area (Å²) in [7, 11) is 0. The Morgan fingerprint density at radius 1 is 0.204 bits per heavy atom.